The maximum atomic E-state index is 11.9. The SMILES string of the molecule is CCOC(=O)c1sc(C(C)NC(=NC)NCCCCSC)nc1C.I. The lowest BCUT2D eigenvalue weighted by Crippen LogP contribution is -2.39. The summed E-state index contributed by atoms with van der Waals surface area (Å²) in [7, 11) is 1.75. The predicted octanol–water partition coefficient (Wildman–Crippen LogP) is 3.62. The lowest BCUT2D eigenvalue weighted by Gasteiger charge is -2.16. The van der Waals surface area contributed by atoms with Crippen LogP contribution in [-0.4, -0.2) is 49.1 Å². The number of thiazole rings is 1. The van der Waals surface area contributed by atoms with Crippen LogP contribution in [0.1, 0.15) is 53.1 Å². The van der Waals surface area contributed by atoms with E-state index in [0.29, 0.717) is 17.2 Å². The average Bonchev–Trinajstić information content (AvgIpc) is 2.95. The van der Waals surface area contributed by atoms with Crippen LogP contribution in [0.4, 0.5) is 0 Å². The number of thioether (sulfide) groups is 1. The first kappa shape index (κ1) is 24.5. The minimum absolute atomic E-state index is 0. The molecule has 0 bridgehead atoms. The van der Waals surface area contributed by atoms with Crippen molar-refractivity contribution in [2.75, 3.05) is 32.2 Å². The van der Waals surface area contributed by atoms with Gasteiger partial charge in [0.15, 0.2) is 5.96 Å². The van der Waals surface area contributed by atoms with E-state index in [1.165, 1.54) is 23.5 Å². The van der Waals surface area contributed by atoms with Crippen LogP contribution in [0, 0.1) is 6.92 Å². The second-order valence-corrected chi connectivity index (χ2v) is 7.27. The van der Waals surface area contributed by atoms with Gasteiger partial charge in [0.1, 0.15) is 9.88 Å². The van der Waals surface area contributed by atoms with Crippen LogP contribution in [0.15, 0.2) is 4.99 Å². The zero-order valence-electron chi connectivity index (χ0n) is 15.5. The number of hydrogen-bond acceptors (Lipinski definition) is 6. The monoisotopic (exact) mass is 500 g/mol. The molecule has 0 aliphatic heterocycles. The van der Waals surface area contributed by atoms with Crippen molar-refractivity contribution < 1.29 is 9.53 Å². The number of nitrogens with one attached hydrogen (secondary N) is 2. The van der Waals surface area contributed by atoms with Crippen molar-refractivity contribution in [1.29, 1.82) is 0 Å². The van der Waals surface area contributed by atoms with Crippen molar-refractivity contribution in [2.45, 2.75) is 39.7 Å². The fourth-order valence-corrected chi connectivity index (χ4v) is 3.48. The summed E-state index contributed by atoms with van der Waals surface area (Å²) in [6.07, 6.45) is 4.42. The molecule has 1 aromatic rings. The Hall–Kier alpha value is -0.550. The molecule has 25 heavy (non-hydrogen) atoms. The number of guanidine groups is 1. The summed E-state index contributed by atoms with van der Waals surface area (Å²) in [6.45, 7) is 6.89. The fraction of sp³-hybridized carbons (Fsp3) is 0.688. The first-order chi connectivity index (χ1) is 11.5. The summed E-state index contributed by atoms with van der Waals surface area (Å²) in [5, 5.41) is 7.47. The molecule has 1 heterocycles. The molecule has 0 aromatic carbocycles. The van der Waals surface area contributed by atoms with Gasteiger partial charge in [-0.15, -0.1) is 35.3 Å². The van der Waals surface area contributed by atoms with E-state index in [2.05, 4.69) is 26.9 Å². The van der Waals surface area contributed by atoms with Gasteiger partial charge in [0.25, 0.3) is 0 Å². The summed E-state index contributed by atoms with van der Waals surface area (Å²) in [4.78, 5) is 21.2. The first-order valence-electron chi connectivity index (χ1n) is 8.14. The number of unbranched alkanes of at least 4 members (excludes halogenated alkanes) is 1. The molecule has 0 radical (unpaired) electrons. The maximum absolute atomic E-state index is 11.9. The largest absolute Gasteiger partial charge is 0.462 e. The Balaban J connectivity index is 0.00000576. The van der Waals surface area contributed by atoms with Crippen LogP contribution in [0.3, 0.4) is 0 Å². The van der Waals surface area contributed by atoms with Crippen molar-refractivity contribution in [2.24, 2.45) is 4.99 Å². The molecule has 0 aliphatic rings. The molecular weight excluding hydrogens is 471 g/mol. The third-order valence-corrected chi connectivity index (χ3v) is 5.31. The molecule has 0 saturated carbocycles. The number of aromatic nitrogens is 1. The highest BCUT2D eigenvalue weighted by Crippen LogP contribution is 2.24. The topological polar surface area (TPSA) is 75.6 Å². The molecule has 144 valence electrons. The van der Waals surface area contributed by atoms with Gasteiger partial charge in [0, 0.05) is 13.6 Å². The van der Waals surface area contributed by atoms with Crippen LogP contribution in [0.25, 0.3) is 0 Å². The molecule has 1 aromatic heterocycles. The molecule has 0 amide bonds. The lowest BCUT2D eigenvalue weighted by atomic mass is 10.3. The normalized spacial score (nSPS) is 12.3. The van der Waals surface area contributed by atoms with E-state index in [9.17, 15) is 4.79 Å². The lowest BCUT2D eigenvalue weighted by molar-refractivity contribution is 0.0531. The number of aliphatic imine (C=N–C) groups is 1. The van der Waals surface area contributed by atoms with Gasteiger partial charge in [-0.05, 0) is 45.6 Å². The molecular formula is C16H29IN4O2S2. The Bertz CT molecular complexity index is 552. The van der Waals surface area contributed by atoms with Crippen molar-refractivity contribution in [3.8, 4) is 0 Å². The van der Waals surface area contributed by atoms with E-state index in [1.807, 2.05) is 25.6 Å². The number of aryl methyl sites for hydroxylation is 1. The molecule has 0 spiro atoms. The highest BCUT2D eigenvalue weighted by atomic mass is 127. The van der Waals surface area contributed by atoms with Gasteiger partial charge in [0.2, 0.25) is 0 Å². The van der Waals surface area contributed by atoms with Gasteiger partial charge >= 0.3 is 5.97 Å². The molecule has 0 saturated heterocycles. The number of rotatable bonds is 9. The Kier molecular flexibility index (Phi) is 13.3. The molecule has 1 rings (SSSR count). The van der Waals surface area contributed by atoms with Crippen LogP contribution in [0.5, 0.6) is 0 Å². The van der Waals surface area contributed by atoms with E-state index in [4.69, 9.17) is 4.74 Å². The average molecular weight is 500 g/mol. The Morgan fingerprint density at radius 1 is 1.44 bits per heavy atom. The van der Waals surface area contributed by atoms with Crippen molar-refractivity contribution >= 4 is 59.0 Å². The maximum Gasteiger partial charge on any atom is 0.350 e. The number of nitrogens with zero attached hydrogens (tertiary/aromatic N) is 2. The summed E-state index contributed by atoms with van der Waals surface area (Å²) in [6, 6.07) is -0.0331. The molecule has 9 heteroatoms. The second kappa shape index (κ2) is 13.6. The summed E-state index contributed by atoms with van der Waals surface area (Å²) in [5.74, 6) is 1.62. The van der Waals surface area contributed by atoms with Crippen molar-refractivity contribution in [3.05, 3.63) is 15.6 Å². The quantitative estimate of drug-likeness (QED) is 0.177. The second-order valence-electron chi connectivity index (χ2n) is 5.25. The van der Waals surface area contributed by atoms with E-state index >= 15 is 0 Å². The summed E-state index contributed by atoms with van der Waals surface area (Å²) >= 11 is 3.23. The molecule has 6 nitrogen and oxygen atoms in total. The predicted molar refractivity (Wildman–Crippen MR) is 119 cm³/mol. The number of hydrogen-bond donors (Lipinski definition) is 2. The zero-order chi connectivity index (χ0) is 17.9. The van der Waals surface area contributed by atoms with Crippen LogP contribution in [-0.2, 0) is 4.74 Å². The molecule has 1 atom stereocenters. The van der Waals surface area contributed by atoms with Crippen LogP contribution >= 0.6 is 47.1 Å². The van der Waals surface area contributed by atoms with Gasteiger partial charge in [-0.1, -0.05) is 0 Å². The standard InChI is InChI=1S/C16H28N4O2S2.HI/c1-6-22-15(21)13-11(2)19-14(24-13)12(3)20-16(17-4)18-9-7-8-10-23-5;/h12H,6-10H2,1-5H3,(H2,17,18,20);1H. The van der Waals surface area contributed by atoms with Crippen LogP contribution in [0.2, 0.25) is 0 Å². The third-order valence-electron chi connectivity index (χ3n) is 3.29. The number of carbonyl (C=O) groups excluding carboxylic acids is 1. The smallest absolute Gasteiger partial charge is 0.350 e. The highest BCUT2D eigenvalue weighted by Gasteiger charge is 2.19. The van der Waals surface area contributed by atoms with E-state index in [1.54, 1.807) is 14.0 Å². The van der Waals surface area contributed by atoms with E-state index < -0.39 is 0 Å². The molecule has 2 N–H and O–H groups in total. The molecule has 1 unspecified atom stereocenters. The Labute approximate surface area is 176 Å². The first-order valence-corrected chi connectivity index (χ1v) is 10.3. The minimum Gasteiger partial charge on any atom is -0.462 e. The Morgan fingerprint density at radius 2 is 2.16 bits per heavy atom. The fourth-order valence-electron chi connectivity index (χ4n) is 2.03. The molecule has 0 fully saturated rings. The number of carbonyl (C=O) groups is 1. The Morgan fingerprint density at radius 3 is 2.76 bits per heavy atom. The summed E-state index contributed by atoms with van der Waals surface area (Å²) in [5.41, 5.74) is 0.710. The van der Waals surface area contributed by atoms with Crippen molar-refractivity contribution in [1.82, 2.24) is 15.6 Å². The zero-order valence-corrected chi connectivity index (χ0v) is 19.5. The molecule has 0 aliphatic carbocycles. The van der Waals surface area contributed by atoms with E-state index in [-0.39, 0.29) is 36.0 Å². The number of halogens is 1. The van der Waals surface area contributed by atoms with Gasteiger partial charge in [-0.3, -0.25) is 4.99 Å². The number of ether oxygens (including phenoxy) is 1. The van der Waals surface area contributed by atoms with Gasteiger partial charge in [-0.25, -0.2) is 9.78 Å². The third kappa shape index (κ3) is 8.59. The van der Waals surface area contributed by atoms with Crippen LogP contribution < -0.4 is 10.6 Å². The van der Waals surface area contributed by atoms with Crippen molar-refractivity contribution in [3.63, 3.8) is 0 Å². The highest BCUT2D eigenvalue weighted by molar-refractivity contribution is 14.0. The van der Waals surface area contributed by atoms with Gasteiger partial charge < -0.3 is 15.4 Å². The van der Waals surface area contributed by atoms with Gasteiger partial charge in [-0.2, -0.15) is 11.8 Å². The number of esters is 1. The minimum atomic E-state index is -0.303. The summed E-state index contributed by atoms with van der Waals surface area (Å²) < 4.78 is 5.06. The van der Waals surface area contributed by atoms with Gasteiger partial charge in [0.05, 0.1) is 18.3 Å². The van der Waals surface area contributed by atoms with E-state index in [0.717, 1.165) is 23.9 Å².